The lowest BCUT2D eigenvalue weighted by Gasteiger charge is -2.42. The van der Waals surface area contributed by atoms with Crippen LogP contribution >= 0.6 is 0 Å². The van der Waals surface area contributed by atoms with Crippen LogP contribution in [0.3, 0.4) is 0 Å². The maximum atomic E-state index is 13.9. The van der Waals surface area contributed by atoms with Crippen LogP contribution in [0.4, 0.5) is 4.39 Å². The van der Waals surface area contributed by atoms with Gasteiger partial charge in [-0.15, -0.1) is 0 Å². The van der Waals surface area contributed by atoms with Gasteiger partial charge in [0.1, 0.15) is 29.0 Å². The third-order valence-corrected chi connectivity index (χ3v) is 5.90. The lowest BCUT2D eigenvalue weighted by atomic mass is 9.86. The zero-order chi connectivity index (χ0) is 21.3. The molecule has 1 heterocycles. The van der Waals surface area contributed by atoms with Crippen LogP contribution in [-0.2, 0) is 9.59 Å². The van der Waals surface area contributed by atoms with E-state index in [9.17, 15) is 14.0 Å². The van der Waals surface area contributed by atoms with Gasteiger partial charge in [0.05, 0.1) is 7.11 Å². The maximum Gasteiger partial charge on any atom is 0.275 e. The minimum absolute atomic E-state index is 0.294. The highest BCUT2D eigenvalue weighted by molar-refractivity contribution is 6.47. The van der Waals surface area contributed by atoms with E-state index in [1.165, 1.54) is 23.1 Å². The molecule has 2 amide bonds. The normalized spacial score (nSPS) is 18.9. The van der Waals surface area contributed by atoms with Crippen LogP contribution in [0.25, 0.3) is 0 Å². The van der Waals surface area contributed by atoms with Crippen molar-refractivity contribution in [3.8, 4) is 5.75 Å². The summed E-state index contributed by atoms with van der Waals surface area (Å²) in [5.41, 5.74) is 6.20. The minimum Gasteiger partial charge on any atom is -0.497 e. The molecule has 1 unspecified atom stereocenters. The summed E-state index contributed by atoms with van der Waals surface area (Å²) in [5.74, 6) is -0.886. The van der Waals surface area contributed by atoms with Crippen molar-refractivity contribution < 1.29 is 18.7 Å². The summed E-state index contributed by atoms with van der Waals surface area (Å²) in [7, 11) is 1.57. The van der Waals surface area contributed by atoms with Crippen LogP contribution in [0.5, 0.6) is 5.75 Å². The van der Waals surface area contributed by atoms with Crippen molar-refractivity contribution in [2.75, 3.05) is 7.11 Å². The second-order valence-electron chi connectivity index (χ2n) is 7.77. The number of primary amides is 1. The number of ether oxygens (including phenoxy) is 1. The van der Waals surface area contributed by atoms with E-state index in [1.54, 1.807) is 37.4 Å². The second kappa shape index (κ2) is 7.89. The van der Waals surface area contributed by atoms with E-state index in [0.717, 1.165) is 19.3 Å². The quantitative estimate of drug-likeness (QED) is 0.822. The third kappa shape index (κ3) is 3.44. The molecular weight excluding hydrogens is 385 g/mol. The Kier molecular flexibility index (Phi) is 5.28. The molecule has 2 aliphatic rings. The summed E-state index contributed by atoms with van der Waals surface area (Å²) in [5, 5.41) is 0. The summed E-state index contributed by atoms with van der Waals surface area (Å²) >= 11 is 0. The third-order valence-electron chi connectivity index (χ3n) is 5.90. The summed E-state index contributed by atoms with van der Waals surface area (Å²) in [6, 6.07) is 11.7. The molecule has 156 valence electrons. The molecule has 1 saturated carbocycles. The highest BCUT2D eigenvalue weighted by Gasteiger charge is 2.52. The smallest absolute Gasteiger partial charge is 0.275 e. The average Bonchev–Trinajstić information content (AvgIpc) is 3.01. The summed E-state index contributed by atoms with van der Waals surface area (Å²) < 4.78 is 19.1. The van der Waals surface area contributed by atoms with E-state index in [0.29, 0.717) is 35.4 Å². The summed E-state index contributed by atoms with van der Waals surface area (Å²) in [4.78, 5) is 32.5. The fourth-order valence-electron chi connectivity index (χ4n) is 4.50. The lowest BCUT2D eigenvalue weighted by Crippen LogP contribution is -2.53. The molecule has 1 fully saturated rings. The number of amides is 2. The van der Waals surface area contributed by atoms with Crippen LogP contribution in [0.15, 0.2) is 53.5 Å². The van der Waals surface area contributed by atoms with Crippen molar-refractivity contribution in [2.24, 2.45) is 10.7 Å². The van der Waals surface area contributed by atoms with E-state index in [4.69, 9.17) is 15.5 Å². The molecule has 4 rings (SSSR count). The zero-order valence-corrected chi connectivity index (χ0v) is 16.8. The fourth-order valence-corrected chi connectivity index (χ4v) is 4.50. The van der Waals surface area contributed by atoms with Crippen LogP contribution in [-0.4, -0.2) is 35.2 Å². The molecule has 0 bridgehead atoms. The summed E-state index contributed by atoms with van der Waals surface area (Å²) in [6.45, 7) is 0. The number of methoxy groups -OCH3 is 1. The molecule has 2 aromatic rings. The van der Waals surface area contributed by atoms with Crippen LogP contribution in [0.2, 0.25) is 0 Å². The first-order chi connectivity index (χ1) is 14.4. The predicted molar refractivity (Wildman–Crippen MR) is 111 cm³/mol. The Morgan fingerprint density at radius 1 is 1.17 bits per heavy atom. The van der Waals surface area contributed by atoms with E-state index < -0.39 is 23.4 Å². The Labute approximate surface area is 174 Å². The number of nitrogens with zero attached hydrogens (tertiary/aromatic N) is 2. The monoisotopic (exact) mass is 409 g/mol. The second-order valence-corrected chi connectivity index (χ2v) is 7.77. The van der Waals surface area contributed by atoms with Crippen molar-refractivity contribution in [2.45, 2.75) is 43.8 Å². The van der Waals surface area contributed by atoms with Crippen LogP contribution < -0.4 is 10.5 Å². The highest BCUT2D eigenvalue weighted by atomic mass is 19.1. The molecule has 1 spiro atoms. The molecule has 1 aliphatic heterocycles. The van der Waals surface area contributed by atoms with Crippen molar-refractivity contribution in [3.63, 3.8) is 0 Å². The molecule has 0 aromatic heterocycles. The molecule has 0 radical (unpaired) electrons. The largest absolute Gasteiger partial charge is 0.497 e. The van der Waals surface area contributed by atoms with Crippen molar-refractivity contribution in [1.82, 2.24) is 4.90 Å². The van der Waals surface area contributed by atoms with Gasteiger partial charge in [-0.3, -0.25) is 19.5 Å². The molecule has 7 heteroatoms. The molecule has 1 aliphatic carbocycles. The number of aliphatic imine (C=N–C) groups is 1. The van der Waals surface area contributed by atoms with Crippen molar-refractivity contribution in [1.29, 1.82) is 0 Å². The lowest BCUT2D eigenvalue weighted by molar-refractivity contribution is -0.141. The van der Waals surface area contributed by atoms with Gasteiger partial charge in [-0.2, -0.15) is 0 Å². The first-order valence-electron chi connectivity index (χ1n) is 10.1. The van der Waals surface area contributed by atoms with Gasteiger partial charge in [-0.1, -0.05) is 18.6 Å². The van der Waals surface area contributed by atoms with E-state index >= 15 is 0 Å². The zero-order valence-electron chi connectivity index (χ0n) is 16.8. The molecule has 2 N–H and O–H groups in total. The van der Waals surface area contributed by atoms with Crippen LogP contribution in [0, 0.1) is 5.82 Å². The van der Waals surface area contributed by atoms with E-state index in [-0.39, 0.29) is 5.91 Å². The standard InChI is InChI=1S/C23H24FN3O3/c1-30-18-10-8-15(9-11-18)19-22(29)27(23(26-19)12-3-2-4-13-23)20(21(25)28)16-6-5-7-17(24)14-16/h5-11,14,20H,2-4,12-13H2,1H3,(H2,25,28). The highest BCUT2D eigenvalue weighted by Crippen LogP contribution is 2.44. The van der Waals surface area contributed by atoms with Gasteiger partial charge < -0.3 is 10.5 Å². The van der Waals surface area contributed by atoms with Gasteiger partial charge >= 0.3 is 0 Å². The van der Waals surface area contributed by atoms with Gasteiger partial charge in [-0.25, -0.2) is 4.39 Å². The van der Waals surface area contributed by atoms with E-state index in [1.807, 2.05) is 0 Å². The first-order valence-corrected chi connectivity index (χ1v) is 10.1. The number of hydrogen-bond donors (Lipinski definition) is 1. The molecule has 6 nitrogen and oxygen atoms in total. The Bertz CT molecular complexity index is 997. The van der Waals surface area contributed by atoms with Gasteiger partial charge in [0.15, 0.2) is 0 Å². The average molecular weight is 409 g/mol. The van der Waals surface area contributed by atoms with Gasteiger partial charge in [0.2, 0.25) is 5.91 Å². The SMILES string of the molecule is COc1ccc(C2=NC3(CCCCC3)N(C(C(N)=O)c3cccc(F)c3)C2=O)cc1. The Morgan fingerprint density at radius 3 is 2.47 bits per heavy atom. The predicted octanol–water partition coefficient (Wildman–Crippen LogP) is 3.35. The first kappa shape index (κ1) is 20.1. The number of rotatable bonds is 5. The number of hydrogen-bond acceptors (Lipinski definition) is 4. The Hall–Kier alpha value is -3.22. The Morgan fingerprint density at radius 2 is 1.87 bits per heavy atom. The number of nitrogens with two attached hydrogens (primary N) is 1. The number of carbonyl (C=O) groups excluding carboxylic acids is 2. The number of halogens is 1. The maximum absolute atomic E-state index is 13.9. The molecule has 30 heavy (non-hydrogen) atoms. The fraction of sp³-hybridized carbons (Fsp3) is 0.348. The van der Waals surface area contributed by atoms with Crippen molar-refractivity contribution in [3.05, 3.63) is 65.5 Å². The summed E-state index contributed by atoms with van der Waals surface area (Å²) in [6.07, 6.45) is 4.09. The number of benzene rings is 2. The van der Waals surface area contributed by atoms with Gasteiger partial charge in [-0.05, 0) is 67.6 Å². The topological polar surface area (TPSA) is 85.0 Å². The van der Waals surface area contributed by atoms with Crippen LogP contribution in [0.1, 0.15) is 49.3 Å². The molecular formula is C23H24FN3O3. The number of carbonyl (C=O) groups is 2. The minimum atomic E-state index is -1.09. The molecule has 2 aromatic carbocycles. The van der Waals surface area contributed by atoms with Gasteiger partial charge in [0, 0.05) is 5.56 Å². The van der Waals surface area contributed by atoms with Crippen molar-refractivity contribution >= 4 is 17.5 Å². The molecule has 0 saturated heterocycles. The van der Waals surface area contributed by atoms with E-state index in [2.05, 4.69) is 0 Å². The Balaban J connectivity index is 1.81. The van der Waals surface area contributed by atoms with Gasteiger partial charge in [0.25, 0.3) is 5.91 Å². The molecule has 1 atom stereocenters.